The topological polar surface area (TPSA) is 115 Å². The van der Waals surface area contributed by atoms with Crippen LogP contribution in [-0.4, -0.2) is 25.7 Å². The monoisotopic (exact) mass is 470 g/mol. The maximum absolute atomic E-state index is 12.6. The summed E-state index contributed by atoms with van der Waals surface area (Å²) >= 11 is 0. The van der Waals surface area contributed by atoms with Crippen LogP contribution in [0.3, 0.4) is 0 Å². The smallest absolute Gasteiger partial charge is 0.258 e. The van der Waals surface area contributed by atoms with Gasteiger partial charge >= 0.3 is 0 Å². The number of carbonyl (C=O) groups excluding carboxylic acids is 2. The van der Waals surface area contributed by atoms with Gasteiger partial charge in [-0.1, -0.05) is 24.3 Å². The third-order valence-electron chi connectivity index (χ3n) is 6.29. The molecule has 0 aromatic heterocycles. The third kappa shape index (κ3) is 4.43. The average Bonchev–Trinajstić information content (AvgIpc) is 3.45. The number of rotatable bonds is 7. The largest absolute Gasteiger partial charge is 0.454 e. The van der Waals surface area contributed by atoms with Crippen molar-refractivity contribution >= 4 is 28.8 Å². The number of carbonyl (C=O) groups is 2. The summed E-state index contributed by atoms with van der Waals surface area (Å²) in [5.74, 6) is 0.806. The van der Waals surface area contributed by atoms with Crippen molar-refractivity contribution in [2.24, 2.45) is 5.73 Å². The number of nitrogens with two attached hydrogens (primary N) is 1. The number of fused-ring (bicyclic) bond motifs is 2. The zero-order valence-electron chi connectivity index (χ0n) is 19.5. The van der Waals surface area contributed by atoms with Crippen LogP contribution in [0.2, 0.25) is 0 Å². The molecule has 0 aliphatic carbocycles. The van der Waals surface area contributed by atoms with Gasteiger partial charge in [-0.25, -0.2) is 0 Å². The molecular formula is C27H26N4O4. The minimum atomic E-state index is -0.534. The summed E-state index contributed by atoms with van der Waals surface area (Å²) in [5, 5.41) is 9.52. The van der Waals surface area contributed by atoms with E-state index in [0.29, 0.717) is 22.5 Å². The highest BCUT2D eigenvalue weighted by atomic mass is 16.7. The normalized spacial score (nSPS) is 15.9. The van der Waals surface area contributed by atoms with E-state index < -0.39 is 5.91 Å². The lowest BCUT2D eigenvalue weighted by Gasteiger charge is -2.18. The predicted octanol–water partition coefficient (Wildman–Crippen LogP) is 3.81. The summed E-state index contributed by atoms with van der Waals surface area (Å²) in [7, 11) is 1.94. The molecule has 5 N–H and O–H groups in total. The summed E-state index contributed by atoms with van der Waals surface area (Å²) in [4.78, 5) is 24.1. The number of likely N-dealkylation sites (N-methyl/N-ethyl adjacent to an activating group) is 1. The van der Waals surface area contributed by atoms with Gasteiger partial charge in [-0.05, 0) is 67.9 Å². The number of amides is 2. The number of nitrogens with one attached hydrogen (secondary N) is 3. The second-order valence-electron chi connectivity index (χ2n) is 8.56. The zero-order chi connectivity index (χ0) is 24.5. The van der Waals surface area contributed by atoms with Crippen LogP contribution in [0.1, 0.15) is 40.0 Å². The van der Waals surface area contributed by atoms with Gasteiger partial charge in [0.15, 0.2) is 11.5 Å². The molecule has 2 heterocycles. The van der Waals surface area contributed by atoms with Gasteiger partial charge in [0.1, 0.15) is 0 Å². The number of hydrogen-bond donors (Lipinski definition) is 4. The van der Waals surface area contributed by atoms with E-state index in [1.165, 1.54) is 0 Å². The van der Waals surface area contributed by atoms with Crippen LogP contribution in [0.4, 0.5) is 11.4 Å². The van der Waals surface area contributed by atoms with Crippen molar-refractivity contribution in [3.05, 3.63) is 88.6 Å². The van der Waals surface area contributed by atoms with Crippen LogP contribution < -0.4 is 31.2 Å². The maximum atomic E-state index is 12.6. The van der Waals surface area contributed by atoms with Crippen LogP contribution in [0, 0.1) is 0 Å². The first-order valence-corrected chi connectivity index (χ1v) is 11.3. The van der Waals surface area contributed by atoms with E-state index in [0.717, 1.165) is 40.3 Å². The van der Waals surface area contributed by atoms with E-state index >= 15 is 0 Å². The van der Waals surface area contributed by atoms with Gasteiger partial charge in [0.05, 0.1) is 5.57 Å². The standard InChI is InChI=1S/C27H26N4O4/c1-15(25-20-9-6-18(26(28)32)13-22(20)31-27(25)33)30-19-7-4-17(5-8-19)21(29-2)11-16-3-10-23-24(12-16)35-14-34-23/h3-10,12-13,21,29-30H,11,14H2,1-2H3,(H2,28,32)(H,31,33)/b25-15-. The van der Waals surface area contributed by atoms with Crippen LogP contribution in [-0.2, 0) is 11.2 Å². The molecule has 0 fully saturated rings. The first kappa shape index (κ1) is 22.5. The van der Waals surface area contributed by atoms with E-state index in [1.807, 2.05) is 38.2 Å². The third-order valence-corrected chi connectivity index (χ3v) is 6.29. The Bertz CT molecular complexity index is 1350. The van der Waals surface area contributed by atoms with Gasteiger partial charge in [-0.2, -0.15) is 0 Å². The molecule has 0 saturated heterocycles. The Hall–Kier alpha value is -4.30. The molecule has 2 aliphatic rings. The fourth-order valence-electron chi connectivity index (χ4n) is 4.47. The molecule has 1 unspecified atom stereocenters. The lowest BCUT2D eigenvalue weighted by molar-refractivity contribution is -0.110. The Morgan fingerprint density at radius 2 is 1.83 bits per heavy atom. The molecular weight excluding hydrogens is 444 g/mol. The van der Waals surface area contributed by atoms with Crippen molar-refractivity contribution in [2.75, 3.05) is 24.5 Å². The molecule has 5 rings (SSSR count). The lowest BCUT2D eigenvalue weighted by Crippen LogP contribution is -2.18. The molecule has 0 radical (unpaired) electrons. The fourth-order valence-corrected chi connectivity index (χ4v) is 4.47. The highest BCUT2D eigenvalue weighted by Gasteiger charge is 2.27. The Morgan fingerprint density at radius 1 is 1.06 bits per heavy atom. The Labute approximate surface area is 203 Å². The number of allylic oxidation sites excluding steroid dienone is 1. The molecule has 0 bridgehead atoms. The minimum absolute atomic E-state index is 0.121. The van der Waals surface area contributed by atoms with Crippen molar-refractivity contribution in [1.82, 2.24) is 5.32 Å². The molecule has 2 aliphatic heterocycles. The lowest BCUT2D eigenvalue weighted by atomic mass is 9.98. The number of primary amides is 1. The van der Waals surface area contributed by atoms with Gasteiger partial charge in [0.2, 0.25) is 12.7 Å². The van der Waals surface area contributed by atoms with Crippen LogP contribution in [0.25, 0.3) is 5.57 Å². The minimum Gasteiger partial charge on any atom is -0.454 e. The average molecular weight is 471 g/mol. The second-order valence-corrected chi connectivity index (χ2v) is 8.56. The van der Waals surface area contributed by atoms with Crippen molar-refractivity contribution in [2.45, 2.75) is 19.4 Å². The zero-order valence-corrected chi connectivity index (χ0v) is 19.5. The fraction of sp³-hybridized carbons (Fsp3) is 0.185. The van der Waals surface area contributed by atoms with E-state index in [9.17, 15) is 9.59 Å². The van der Waals surface area contributed by atoms with E-state index in [2.05, 4.69) is 34.1 Å². The quantitative estimate of drug-likeness (QED) is 0.391. The van der Waals surface area contributed by atoms with Crippen molar-refractivity contribution in [1.29, 1.82) is 0 Å². The number of hydrogen-bond acceptors (Lipinski definition) is 6. The molecule has 0 saturated carbocycles. The SMILES string of the molecule is CNC(Cc1ccc2c(c1)OCO2)c1ccc(N/C(C)=C2\C(=O)Nc3cc(C(N)=O)ccc32)cc1. The molecule has 3 aromatic rings. The van der Waals surface area contributed by atoms with Gasteiger partial charge in [0.25, 0.3) is 5.91 Å². The number of anilines is 2. The first-order valence-electron chi connectivity index (χ1n) is 11.3. The summed E-state index contributed by atoms with van der Waals surface area (Å²) in [6, 6.07) is 19.2. The van der Waals surface area contributed by atoms with Crippen molar-refractivity contribution in [3.63, 3.8) is 0 Å². The Kier molecular flexibility index (Phi) is 5.88. The molecule has 1 atom stereocenters. The van der Waals surface area contributed by atoms with E-state index in [4.69, 9.17) is 15.2 Å². The Morgan fingerprint density at radius 3 is 2.57 bits per heavy atom. The predicted molar refractivity (Wildman–Crippen MR) is 134 cm³/mol. The molecule has 35 heavy (non-hydrogen) atoms. The van der Waals surface area contributed by atoms with Gasteiger partial charge in [0, 0.05) is 34.2 Å². The molecule has 8 nitrogen and oxygen atoms in total. The number of benzene rings is 3. The van der Waals surface area contributed by atoms with Crippen molar-refractivity contribution in [3.8, 4) is 11.5 Å². The van der Waals surface area contributed by atoms with Gasteiger partial charge < -0.3 is 31.2 Å². The first-order chi connectivity index (χ1) is 16.9. The highest BCUT2D eigenvalue weighted by molar-refractivity contribution is 6.32. The summed E-state index contributed by atoms with van der Waals surface area (Å²) < 4.78 is 10.9. The molecule has 3 aromatic carbocycles. The number of ether oxygens (including phenoxy) is 2. The van der Waals surface area contributed by atoms with E-state index in [-0.39, 0.29) is 18.7 Å². The second kappa shape index (κ2) is 9.15. The van der Waals surface area contributed by atoms with Gasteiger partial charge in [-0.3, -0.25) is 9.59 Å². The summed E-state index contributed by atoms with van der Waals surface area (Å²) in [5.41, 5.74) is 11.4. The molecule has 2 amide bonds. The van der Waals surface area contributed by atoms with Crippen LogP contribution in [0.15, 0.2) is 66.4 Å². The van der Waals surface area contributed by atoms with Crippen LogP contribution >= 0.6 is 0 Å². The van der Waals surface area contributed by atoms with Crippen LogP contribution in [0.5, 0.6) is 11.5 Å². The Balaban J connectivity index is 1.32. The van der Waals surface area contributed by atoms with E-state index in [1.54, 1.807) is 18.2 Å². The maximum Gasteiger partial charge on any atom is 0.258 e. The molecule has 0 spiro atoms. The summed E-state index contributed by atoms with van der Waals surface area (Å²) in [6.45, 7) is 2.12. The summed E-state index contributed by atoms with van der Waals surface area (Å²) in [6.07, 6.45) is 0.799. The highest BCUT2D eigenvalue weighted by Crippen LogP contribution is 2.36. The molecule has 178 valence electrons. The van der Waals surface area contributed by atoms with Gasteiger partial charge in [-0.15, -0.1) is 0 Å². The van der Waals surface area contributed by atoms with Crippen molar-refractivity contribution < 1.29 is 19.1 Å². The molecule has 8 heteroatoms.